The first-order valence-corrected chi connectivity index (χ1v) is 6.26. The van der Waals surface area contributed by atoms with E-state index in [0.717, 1.165) is 18.4 Å². The number of carbonyl (C=O) groups excluding carboxylic acids is 1. The summed E-state index contributed by atoms with van der Waals surface area (Å²) >= 11 is 5.55. The van der Waals surface area contributed by atoms with E-state index in [1.807, 2.05) is 24.3 Å². The maximum atomic E-state index is 11.4. The van der Waals surface area contributed by atoms with E-state index in [0.29, 0.717) is 17.0 Å². The molecule has 2 rings (SSSR count). The first-order chi connectivity index (χ1) is 8.63. The summed E-state index contributed by atoms with van der Waals surface area (Å²) in [7, 11) is 0. The highest BCUT2D eigenvalue weighted by Gasteiger charge is 2.19. The van der Waals surface area contributed by atoms with Crippen molar-refractivity contribution in [1.82, 2.24) is 5.16 Å². The zero-order valence-corrected chi connectivity index (χ0v) is 11.1. The summed E-state index contributed by atoms with van der Waals surface area (Å²) in [6.07, 6.45) is 2.15. The summed E-state index contributed by atoms with van der Waals surface area (Å²) in [5, 5.41) is 3.36. The van der Waals surface area contributed by atoms with Crippen LogP contribution in [0.25, 0.3) is 11.3 Å². The van der Waals surface area contributed by atoms with E-state index in [9.17, 15) is 4.79 Å². The number of hydrogen-bond donors (Lipinski definition) is 0. The monoisotopic (exact) mass is 263 g/mol. The molecule has 0 saturated heterocycles. The maximum Gasteiger partial charge on any atom is 0.258 e. The molecule has 0 unspecified atom stereocenters. The highest BCUT2D eigenvalue weighted by molar-refractivity contribution is 6.68. The van der Waals surface area contributed by atoms with Crippen molar-refractivity contribution in [3.8, 4) is 11.3 Å². The molecule has 94 valence electrons. The van der Waals surface area contributed by atoms with Crippen molar-refractivity contribution in [2.24, 2.45) is 0 Å². The van der Waals surface area contributed by atoms with Crippen LogP contribution in [0.4, 0.5) is 0 Å². The van der Waals surface area contributed by atoms with Crippen molar-refractivity contribution >= 4 is 16.8 Å². The molecule has 0 aliphatic carbocycles. The van der Waals surface area contributed by atoms with Crippen molar-refractivity contribution in [1.29, 1.82) is 0 Å². The van der Waals surface area contributed by atoms with Gasteiger partial charge in [0.15, 0.2) is 0 Å². The van der Waals surface area contributed by atoms with Gasteiger partial charge < -0.3 is 4.52 Å². The summed E-state index contributed by atoms with van der Waals surface area (Å²) < 4.78 is 5.03. The number of benzene rings is 1. The lowest BCUT2D eigenvalue weighted by atomic mass is 10.0. The van der Waals surface area contributed by atoms with Crippen molar-refractivity contribution in [2.75, 3.05) is 0 Å². The number of halogens is 1. The molecular formula is C14H14ClNO2. The molecule has 1 aromatic carbocycles. The topological polar surface area (TPSA) is 43.1 Å². The number of aryl methyl sites for hydroxylation is 2. The molecule has 0 fully saturated rings. The lowest BCUT2D eigenvalue weighted by Gasteiger charge is -2.01. The molecule has 1 heterocycles. The average molecular weight is 264 g/mol. The maximum absolute atomic E-state index is 11.4. The second kappa shape index (κ2) is 5.36. The van der Waals surface area contributed by atoms with Gasteiger partial charge >= 0.3 is 0 Å². The highest BCUT2D eigenvalue weighted by atomic mass is 35.5. The first kappa shape index (κ1) is 12.8. The Morgan fingerprint density at radius 3 is 2.56 bits per heavy atom. The number of carbonyl (C=O) groups is 1. The molecule has 0 saturated carbocycles. The summed E-state index contributed by atoms with van der Waals surface area (Å²) in [5.41, 5.74) is 2.96. The SMILES string of the molecule is CCCc1ccc(-c2noc(C)c2C(=O)Cl)cc1. The second-order valence-electron chi connectivity index (χ2n) is 4.18. The summed E-state index contributed by atoms with van der Waals surface area (Å²) in [6.45, 7) is 3.82. The van der Waals surface area contributed by atoms with Gasteiger partial charge in [-0.2, -0.15) is 0 Å². The van der Waals surface area contributed by atoms with Crippen LogP contribution in [0.2, 0.25) is 0 Å². The summed E-state index contributed by atoms with van der Waals surface area (Å²) in [6, 6.07) is 7.94. The number of rotatable bonds is 4. The molecule has 18 heavy (non-hydrogen) atoms. The van der Waals surface area contributed by atoms with Crippen LogP contribution >= 0.6 is 11.6 Å². The van der Waals surface area contributed by atoms with E-state index >= 15 is 0 Å². The summed E-state index contributed by atoms with van der Waals surface area (Å²) in [5.74, 6) is 0.447. The van der Waals surface area contributed by atoms with E-state index in [1.54, 1.807) is 6.92 Å². The van der Waals surface area contributed by atoms with Crippen LogP contribution in [0.1, 0.15) is 35.0 Å². The third-order valence-electron chi connectivity index (χ3n) is 2.83. The Balaban J connectivity index is 2.40. The zero-order chi connectivity index (χ0) is 13.1. The molecule has 0 aliphatic heterocycles. The zero-order valence-electron chi connectivity index (χ0n) is 10.4. The van der Waals surface area contributed by atoms with E-state index in [-0.39, 0.29) is 0 Å². The number of aromatic nitrogens is 1. The standard InChI is InChI=1S/C14H14ClNO2/c1-3-4-10-5-7-11(8-6-10)13-12(14(15)17)9(2)18-16-13/h5-8H,3-4H2,1-2H3. The van der Waals surface area contributed by atoms with Gasteiger partial charge in [-0.3, -0.25) is 4.79 Å². The Labute approximate surface area is 111 Å². The van der Waals surface area contributed by atoms with Crippen LogP contribution in [0, 0.1) is 6.92 Å². The third kappa shape index (κ3) is 2.46. The molecule has 4 heteroatoms. The lowest BCUT2D eigenvalue weighted by Crippen LogP contribution is -1.93. The summed E-state index contributed by atoms with van der Waals surface area (Å²) in [4.78, 5) is 11.4. The van der Waals surface area contributed by atoms with Crippen molar-refractivity contribution in [3.63, 3.8) is 0 Å². The Morgan fingerprint density at radius 2 is 2.00 bits per heavy atom. The lowest BCUT2D eigenvalue weighted by molar-refractivity contribution is 0.108. The van der Waals surface area contributed by atoms with Gasteiger partial charge in [-0.25, -0.2) is 0 Å². The highest BCUT2D eigenvalue weighted by Crippen LogP contribution is 2.26. The van der Waals surface area contributed by atoms with E-state index in [4.69, 9.17) is 16.1 Å². The predicted molar refractivity (Wildman–Crippen MR) is 70.9 cm³/mol. The Bertz CT molecular complexity index is 558. The minimum Gasteiger partial charge on any atom is -0.360 e. The minimum absolute atomic E-state index is 0.347. The molecule has 0 spiro atoms. The van der Waals surface area contributed by atoms with Gasteiger partial charge in [0, 0.05) is 5.56 Å². The molecule has 0 radical (unpaired) electrons. The van der Waals surface area contributed by atoms with E-state index in [1.165, 1.54) is 5.56 Å². The molecular weight excluding hydrogens is 250 g/mol. The molecule has 1 aromatic heterocycles. The van der Waals surface area contributed by atoms with Crippen LogP contribution in [0.15, 0.2) is 28.8 Å². The van der Waals surface area contributed by atoms with Crippen LogP contribution in [-0.2, 0) is 6.42 Å². The molecule has 0 N–H and O–H groups in total. The Hall–Kier alpha value is -1.61. The fourth-order valence-electron chi connectivity index (χ4n) is 1.92. The van der Waals surface area contributed by atoms with Gasteiger partial charge in [-0.05, 0) is 30.5 Å². The molecule has 2 aromatic rings. The fraction of sp³-hybridized carbons (Fsp3) is 0.286. The Morgan fingerprint density at radius 1 is 1.33 bits per heavy atom. The Kier molecular flexibility index (Phi) is 3.82. The normalized spacial score (nSPS) is 10.6. The molecule has 0 atom stereocenters. The largest absolute Gasteiger partial charge is 0.360 e. The smallest absolute Gasteiger partial charge is 0.258 e. The molecule has 3 nitrogen and oxygen atoms in total. The van der Waals surface area contributed by atoms with E-state index < -0.39 is 5.24 Å². The van der Waals surface area contributed by atoms with Gasteiger partial charge in [0.05, 0.1) is 0 Å². The second-order valence-corrected chi connectivity index (χ2v) is 4.53. The van der Waals surface area contributed by atoms with Gasteiger partial charge in [-0.1, -0.05) is 42.8 Å². The van der Waals surface area contributed by atoms with Gasteiger partial charge in [0.25, 0.3) is 5.24 Å². The third-order valence-corrected chi connectivity index (χ3v) is 3.01. The minimum atomic E-state index is -0.540. The van der Waals surface area contributed by atoms with Gasteiger partial charge in [0.2, 0.25) is 0 Å². The number of nitrogens with zero attached hydrogens (tertiary/aromatic N) is 1. The first-order valence-electron chi connectivity index (χ1n) is 5.89. The quantitative estimate of drug-likeness (QED) is 0.784. The number of hydrogen-bond acceptors (Lipinski definition) is 3. The van der Waals surface area contributed by atoms with Crippen molar-refractivity contribution in [2.45, 2.75) is 26.7 Å². The van der Waals surface area contributed by atoms with E-state index in [2.05, 4.69) is 12.1 Å². The van der Waals surface area contributed by atoms with Crippen LogP contribution in [-0.4, -0.2) is 10.4 Å². The van der Waals surface area contributed by atoms with Gasteiger partial charge in [-0.15, -0.1) is 0 Å². The van der Waals surface area contributed by atoms with Crippen molar-refractivity contribution < 1.29 is 9.32 Å². The predicted octanol–water partition coefficient (Wildman–Crippen LogP) is 3.98. The van der Waals surface area contributed by atoms with Gasteiger partial charge in [0.1, 0.15) is 17.0 Å². The molecule has 0 aliphatic rings. The van der Waals surface area contributed by atoms with Crippen LogP contribution in [0.5, 0.6) is 0 Å². The molecule has 0 amide bonds. The average Bonchev–Trinajstić information content (AvgIpc) is 2.73. The fourth-order valence-corrected chi connectivity index (χ4v) is 2.14. The molecule has 0 bridgehead atoms. The van der Waals surface area contributed by atoms with Crippen LogP contribution in [0.3, 0.4) is 0 Å². The van der Waals surface area contributed by atoms with Crippen LogP contribution < -0.4 is 0 Å². The van der Waals surface area contributed by atoms with Crippen molar-refractivity contribution in [3.05, 3.63) is 41.2 Å².